The summed E-state index contributed by atoms with van der Waals surface area (Å²) >= 11 is 0. The third-order valence-electron chi connectivity index (χ3n) is 1.40. The van der Waals surface area contributed by atoms with E-state index in [2.05, 4.69) is 6.58 Å². The summed E-state index contributed by atoms with van der Waals surface area (Å²) in [4.78, 5) is 12.5. The van der Waals surface area contributed by atoms with Crippen molar-refractivity contribution in [3.05, 3.63) is 36.6 Å². The lowest BCUT2D eigenvalue weighted by Gasteiger charge is -2.10. The van der Waals surface area contributed by atoms with E-state index in [4.69, 9.17) is 4.74 Å². The zero-order chi connectivity index (χ0) is 11.0. The standard InChI is InChI=1S/C11H17NO2.ClH/c1-5-7-8-9-10(6-2)14-11(13)12(3)4;/h6-9H,2,5H2,1,3-4H3;1H. The first-order chi connectivity index (χ1) is 6.61. The van der Waals surface area contributed by atoms with Crippen LogP contribution in [0.4, 0.5) is 4.79 Å². The van der Waals surface area contributed by atoms with Crippen LogP contribution in [0.3, 0.4) is 0 Å². The molecule has 3 nitrogen and oxygen atoms in total. The quantitative estimate of drug-likeness (QED) is 0.550. The first-order valence-electron chi connectivity index (χ1n) is 4.50. The molecule has 0 saturated carbocycles. The summed E-state index contributed by atoms with van der Waals surface area (Å²) in [6.07, 6.45) is 7.55. The van der Waals surface area contributed by atoms with Gasteiger partial charge in [-0.15, -0.1) is 12.4 Å². The lowest BCUT2D eigenvalue weighted by molar-refractivity contribution is 0.150. The molecule has 0 saturated heterocycles. The molecule has 0 unspecified atom stereocenters. The summed E-state index contributed by atoms with van der Waals surface area (Å²) in [5.74, 6) is 0.452. The molecule has 0 aliphatic rings. The van der Waals surface area contributed by atoms with Gasteiger partial charge in [0.25, 0.3) is 0 Å². The zero-order valence-corrected chi connectivity index (χ0v) is 10.2. The highest BCUT2D eigenvalue weighted by Crippen LogP contribution is 2.02. The van der Waals surface area contributed by atoms with Gasteiger partial charge < -0.3 is 9.64 Å². The maximum atomic E-state index is 11.1. The molecule has 0 atom stereocenters. The maximum Gasteiger partial charge on any atom is 0.414 e. The van der Waals surface area contributed by atoms with Gasteiger partial charge in [0, 0.05) is 14.1 Å². The topological polar surface area (TPSA) is 29.5 Å². The van der Waals surface area contributed by atoms with Gasteiger partial charge >= 0.3 is 6.09 Å². The molecular formula is C11H18ClNO2. The number of rotatable bonds is 4. The molecule has 1 amide bonds. The molecule has 0 aromatic heterocycles. The number of halogens is 1. The number of allylic oxidation sites excluding steroid dienone is 4. The highest BCUT2D eigenvalue weighted by Gasteiger charge is 2.05. The van der Waals surface area contributed by atoms with Crippen LogP contribution in [0.5, 0.6) is 0 Å². The molecule has 86 valence electrons. The van der Waals surface area contributed by atoms with Crippen molar-refractivity contribution >= 4 is 18.5 Å². The van der Waals surface area contributed by atoms with Crippen LogP contribution in [0.15, 0.2) is 36.6 Å². The van der Waals surface area contributed by atoms with E-state index in [0.717, 1.165) is 6.42 Å². The minimum absolute atomic E-state index is 0. The summed E-state index contributed by atoms with van der Waals surface area (Å²) in [6.45, 7) is 5.59. The van der Waals surface area contributed by atoms with Crippen LogP contribution < -0.4 is 0 Å². The van der Waals surface area contributed by atoms with E-state index in [9.17, 15) is 4.79 Å². The second-order valence-electron chi connectivity index (χ2n) is 2.87. The number of hydrogen-bond acceptors (Lipinski definition) is 2. The Bertz CT molecular complexity index is 257. The maximum absolute atomic E-state index is 11.1. The van der Waals surface area contributed by atoms with Crippen LogP contribution >= 0.6 is 12.4 Å². The molecule has 0 N–H and O–H groups in total. The van der Waals surface area contributed by atoms with Gasteiger partial charge in [0.1, 0.15) is 5.76 Å². The Balaban J connectivity index is 0. The van der Waals surface area contributed by atoms with Gasteiger partial charge in [-0.05, 0) is 18.6 Å². The van der Waals surface area contributed by atoms with Crippen LogP contribution in [0.2, 0.25) is 0 Å². The van der Waals surface area contributed by atoms with Crippen molar-refractivity contribution in [2.24, 2.45) is 0 Å². The molecule has 0 spiro atoms. The first-order valence-corrected chi connectivity index (χ1v) is 4.50. The summed E-state index contributed by atoms with van der Waals surface area (Å²) < 4.78 is 4.99. The van der Waals surface area contributed by atoms with Gasteiger partial charge in [-0.3, -0.25) is 0 Å². The number of hydrogen-bond donors (Lipinski definition) is 0. The van der Waals surface area contributed by atoms with E-state index in [0.29, 0.717) is 5.76 Å². The van der Waals surface area contributed by atoms with Crippen LogP contribution in [0, 0.1) is 0 Å². The van der Waals surface area contributed by atoms with E-state index in [1.54, 1.807) is 20.2 Å². The fraction of sp³-hybridized carbons (Fsp3) is 0.364. The third kappa shape index (κ3) is 7.82. The van der Waals surface area contributed by atoms with Crippen molar-refractivity contribution in [3.8, 4) is 0 Å². The predicted molar refractivity (Wildman–Crippen MR) is 65.1 cm³/mol. The molecule has 0 radical (unpaired) electrons. The van der Waals surface area contributed by atoms with Gasteiger partial charge in [0.05, 0.1) is 0 Å². The van der Waals surface area contributed by atoms with Crippen LogP contribution in [0.25, 0.3) is 0 Å². The van der Waals surface area contributed by atoms with Gasteiger partial charge in [-0.1, -0.05) is 25.7 Å². The minimum Gasteiger partial charge on any atom is -0.410 e. The minimum atomic E-state index is -0.402. The zero-order valence-electron chi connectivity index (χ0n) is 9.40. The lowest BCUT2D eigenvalue weighted by Crippen LogP contribution is -2.22. The summed E-state index contributed by atoms with van der Waals surface area (Å²) in [5.41, 5.74) is 0. The van der Waals surface area contributed by atoms with E-state index in [1.807, 2.05) is 19.1 Å². The van der Waals surface area contributed by atoms with E-state index in [-0.39, 0.29) is 12.4 Å². The molecule has 0 bridgehead atoms. The fourth-order valence-electron chi connectivity index (χ4n) is 0.635. The Kier molecular flexibility index (Phi) is 10.1. The molecule has 0 heterocycles. The second-order valence-corrected chi connectivity index (χ2v) is 2.87. The summed E-state index contributed by atoms with van der Waals surface area (Å²) in [7, 11) is 3.26. The average Bonchev–Trinajstić information content (AvgIpc) is 2.16. The van der Waals surface area contributed by atoms with Crippen molar-refractivity contribution in [3.63, 3.8) is 0 Å². The number of nitrogens with zero attached hydrogens (tertiary/aromatic N) is 1. The highest BCUT2D eigenvalue weighted by molar-refractivity contribution is 5.85. The molecule has 0 aliphatic carbocycles. The monoisotopic (exact) mass is 231 g/mol. The number of carbonyl (C=O) groups is 1. The SMILES string of the molecule is C=CC(=CC=CCC)OC(=O)N(C)C.Cl. The van der Waals surface area contributed by atoms with Gasteiger partial charge in [-0.2, -0.15) is 0 Å². The normalized spacial score (nSPS) is 10.7. The third-order valence-corrected chi connectivity index (χ3v) is 1.40. The van der Waals surface area contributed by atoms with Gasteiger partial charge in [0.2, 0.25) is 0 Å². The molecule has 0 aromatic carbocycles. The van der Waals surface area contributed by atoms with Gasteiger partial charge in [-0.25, -0.2) is 4.79 Å². The Hall–Kier alpha value is -1.22. The van der Waals surface area contributed by atoms with Crippen LogP contribution in [0.1, 0.15) is 13.3 Å². The van der Waals surface area contributed by atoms with Crippen molar-refractivity contribution in [2.75, 3.05) is 14.1 Å². The molecular weight excluding hydrogens is 214 g/mol. The van der Waals surface area contributed by atoms with Crippen molar-refractivity contribution < 1.29 is 9.53 Å². The van der Waals surface area contributed by atoms with Crippen molar-refractivity contribution in [2.45, 2.75) is 13.3 Å². The number of amides is 1. The fourth-order valence-corrected chi connectivity index (χ4v) is 0.635. The summed E-state index contributed by atoms with van der Waals surface area (Å²) in [6, 6.07) is 0. The second kappa shape index (κ2) is 9.34. The molecule has 15 heavy (non-hydrogen) atoms. The lowest BCUT2D eigenvalue weighted by atomic mass is 10.3. The van der Waals surface area contributed by atoms with Crippen LogP contribution in [-0.2, 0) is 4.74 Å². The molecule has 0 fully saturated rings. The Labute approximate surface area is 97.5 Å². The van der Waals surface area contributed by atoms with E-state index >= 15 is 0 Å². The largest absolute Gasteiger partial charge is 0.414 e. The molecule has 0 rings (SSSR count). The number of ether oxygens (including phenoxy) is 1. The van der Waals surface area contributed by atoms with Crippen molar-refractivity contribution in [1.82, 2.24) is 4.90 Å². The molecule has 0 aliphatic heterocycles. The molecule has 0 aromatic rings. The van der Waals surface area contributed by atoms with Crippen LogP contribution in [-0.4, -0.2) is 25.1 Å². The predicted octanol–water partition coefficient (Wildman–Crippen LogP) is 3.14. The Morgan fingerprint density at radius 3 is 2.47 bits per heavy atom. The smallest absolute Gasteiger partial charge is 0.410 e. The Morgan fingerprint density at radius 1 is 1.47 bits per heavy atom. The van der Waals surface area contributed by atoms with E-state index < -0.39 is 6.09 Å². The first kappa shape index (κ1) is 16.2. The highest BCUT2D eigenvalue weighted by atomic mass is 35.5. The molecule has 4 heteroatoms. The number of carbonyl (C=O) groups excluding carboxylic acids is 1. The van der Waals surface area contributed by atoms with Gasteiger partial charge in [0.15, 0.2) is 0 Å². The van der Waals surface area contributed by atoms with Crippen molar-refractivity contribution in [1.29, 1.82) is 0 Å². The average molecular weight is 232 g/mol. The Morgan fingerprint density at radius 2 is 2.07 bits per heavy atom. The van der Waals surface area contributed by atoms with E-state index in [1.165, 1.54) is 11.0 Å². The summed E-state index contributed by atoms with van der Waals surface area (Å²) in [5, 5.41) is 0.